The quantitative estimate of drug-likeness (QED) is 0.847. The molecule has 0 unspecified atom stereocenters. The van der Waals surface area contributed by atoms with Crippen molar-refractivity contribution in [3.05, 3.63) is 26.7 Å². The first-order valence-corrected chi connectivity index (χ1v) is 8.07. The number of aryl methyl sites for hydroxylation is 2. The van der Waals surface area contributed by atoms with Gasteiger partial charge in [0.25, 0.3) is 5.56 Å². The lowest BCUT2D eigenvalue weighted by Gasteiger charge is -2.11. The highest BCUT2D eigenvalue weighted by Crippen LogP contribution is 2.40. The second kappa shape index (κ2) is 5.72. The minimum absolute atomic E-state index is 0.241. The van der Waals surface area contributed by atoms with Crippen LogP contribution in [0, 0.1) is 0 Å². The number of nitrogens with two attached hydrogens (primary N) is 1. The molecule has 0 atom stereocenters. The van der Waals surface area contributed by atoms with Crippen molar-refractivity contribution in [1.82, 2.24) is 18.7 Å². The van der Waals surface area contributed by atoms with Crippen LogP contribution >= 0.6 is 0 Å². The van der Waals surface area contributed by atoms with Crippen LogP contribution in [-0.2, 0) is 19.6 Å². The Morgan fingerprint density at radius 2 is 1.86 bits per heavy atom. The highest BCUT2D eigenvalue weighted by atomic mass is 16.2. The van der Waals surface area contributed by atoms with Crippen molar-refractivity contribution in [2.24, 2.45) is 5.73 Å². The second-order valence-corrected chi connectivity index (χ2v) is 5.84. The Morgan fingerprint density at radius 1 is 1.14 bits per heavy atom. The largest absolute Gasteiger partial charge is 0.332 e. The van der Waals surface area contributed by atoms with Crippen LogP contribution in [0.2, 0.25) is 0 Å². The van der Waals surface area contributed by atoms with Gasteiger partial charge < -0.3 is 10.3 Å². The van der Waals surface area contributed by atoms with E-state index in [2.05, 4.69) is 4.98 Å². The molecule has 2 N–H and O–H groups in total. The fraction of sp³-hybridized carbons (Fsp3) is 0.667. The highest BCUT2D eigenvalue weighted by Gasteiger charge is 2.31. The fourth-order valence-electron chi connectivity index (χ4n) is 3.03. The molecule has 0 amide bonds. The number of aromatic nitrogens is 4. The van der Waals surface area contributed by atoms with Crippen LogP contribution in [0.5, 0.6) is 0 Å². The molecule has 0 saturated heterocycles. The van der Waals surface area contributed by atoms with Gasteiger partial charge in [0.15, 0.2) is 11.2 Å². The van der Waals surface area contributed by atoms with Crippen LogP contribution in [0.25, 0.3) is 11.2 Å². The van der Waals surface area contributed by atoms with Crippen molar-refractivity contribution >= 4 is 11.2 Å². The van der Waals surface area contributed by atoms with Gasteiger partial charge in [0.05, 0.1) is 0 Å². The van der Waals surface area contributed by atoms with Gasteiger partial charge in [-0.25, -0.2) is 9.78 Å². The van der Waals surface area contributed by atoms with Crippen LogP contribution < -0.4 is 17.0 Å². The van der Waals surface area contributed by atoms with E-state index in [-0.39, 0.29) is 24.3 Å². The number of hydrogen-bond donors (Lipinski definition) is 1. The maximum absolute atomic E-state index is 12.8. The molecular formula is C15H23N5O2. The summed E-state index contributed by atoms with van der Waals surface area (Å²) in [5.74, 6) is 1.38. The lowest BCUT2D eigenvalue weighted by Crippen LogP contribution is -2.42. The topological polar surface area (TPSA) is 87.8 Å². The molecule has 1 aliphatic rings. The standard InChI is InChI=1S/C15H23N5O2/c1-3-8-19-13-11(14(21)20(9-7-16)15(19)22)18(4-2)12(17-13)10-5-6-10/h10H,3-9,16H2,1-2H3. The van der Waals surface area contributed by atoms with Gasteiger partial charge in [-0.1, -0.05) is 6.92 Å². The molecule has 0 spiro atoms. The van der Waals surface area contributed by atoms with Crippen molar-refractivity contribution in [3.63, 3.8) is 0 Å². The highest BCUT2D eigenvalue weighted by molar-refractivity contribution is 5.71. The third-order valence-corrected chi connectivity index (χ3v) is 4.20. The normalized spacial score (nSPS) is 14.9. The Morgan fingerprint density at radius 3 is 2.41 bits per heavy atom. The van der Waals surface area contributed by atoms with E-state index in [0.717, 1.165) is 25.1 Å². The van der Waals surface area contributed by atoms with Crippen molar-refractivity contribution in [2.75, 3.05) is 6.54 Å². The summed E-state index contributed by atoms with van der Waals surface area (Å²) in [5.41, 5.74) is 6.09. The SMILES string of the molecule is CCCn1c(=O)n(CCN)c(=O)c2c1nc(C1CC1)n2CC. The van der Waals surface area contributed by atoms with Crippen molar-refractivity contribution in [1.29, 1.82) is 0 Å². The van der Waals surface area contributed by atoms with E-state index >= 15 is 0 Å². The molecule has 1 fully saturated rings. The Kier molecular flexibility index (Phi) is 3.90. The number of hydrogen-bond acceptors (Lipinski definition) is 4. The summed E-state index contributed by atoms with van der Waals surface area (Å²) in [6.45, 7) is 5.77. The summed E-state index contributed by atoms with van der Waals surface area (Å²) in [7, 11) is 0. The number of rotatable bonds is 6. The Labute approximate surface area is 128 Å². The minimum Gasteiger partial charge on any atom is -0.329 e. The molecule has 7 heteroatoms. The van der Waals surface area contributed by atoms with Crippen molar-refractivity contribution in [2.45, 2.75) is 58.7 Å². The molecule has 1 aliphatic carbocycles. The zero-order valence-electron chi connectivity index (χ0n) is 13.2. The van der Waals surface area contributed by atoms with E-state index in [0.29, 0.717) is 30.2 Å². The maximum Gasteiger partial charge on any atom is 0.332 e. The average Bonchev–Trinajstić information content (AvgIpc) is 3.28. The summed E-state index contributed by atoms with van der Waals surface area (Å²) in [5, 5.41) is 0. The van der Waals surface area contributed by atoms with Gasteiger partial charge >= 0.3 is 5.69 Å². The number of fused-ring (bicyclic) bond motifs is 1. The van der Waals surface area contributed by atoms with E-state index in [1.54, 1.807) is 4.57 Å². The molecular weight excluding hydrogens is 282 g/mol. The monoisotopic (exact) mass is 305 g/mol. The van der Waals surface area contributed by atoms with Gasteiger partial charge in [0.1, 0.15) is 5.82 Å². The lowest BCUT2D eigenvalue weighted by atomic mass is 10.4. The molecule has 0 aliphatic heterocycles. The summed E-state index contributed by atoms with van der Waals surface area (Å²) < 4.78 is 4.86. The predicted octanol–water partition coefficient (Wildman–Crippen LogP) is 0.626. The predicted molar refractivity (Wildman–Crippen MR) is 85.2 cm³/mol. The molecule has 0 bridgehead atoms. The van der Waals surface area contributed by atoms with E-state index in [1.807, 2.05) is 18.4 Å². The van der Waals surface area contributed by atoms with Crippen molar-refractivity contribution < 1.29 is 0 Å². The van der Waals surface area contributed by atoms with Crippen LogP contribution in [0.15, 0.2) is 9.59 Å². The number of imidazole rings is 1. The first kappa shape index (κ1) is 15.0. The molecule has 0 aromatic carbocycles. The first-order valence-electron chi connectivity index (χ1n) is 8.07. The first-order chi connectivity index (χ1) is 10.6. The Balaban J connectivity index is 2.40. The Hall–Kier alpha value is -1.89. The maximum atomic E-state index is 12.8. The minimum atomic E-state index is -0.298. The average molecular weight is 305 g/mol. The number of nitrogens with zero attached hydrogens (tertiary/aromatic N) is 4. The Bertz CT molecular complexity index is 810. The molecule has 7 nitrogen and oxygen atoms in total. The molecule has 3 rings (SSSR count). The molecule has 0 radical (unpaired) electrons. The van der Waals surface area contributed by atoms with Crippen LogP contribution in [0.4, 0.5) is 0 Å². The van der Waals surface area contributed by atoms with E-state index < -0.39 is 0 Å². The van der Waals surface area contributed by atoms with Crippen molar-refractivity contribution in [3.8, 4) is 0 Å². The molecule has 2 aromatic heterocycles. The van der Waals surface area contributed by atoms with Gasteiger partial charge in [0, 0.05) is 32.1 Å². The fourth-order valence-corrected chi connectivity index (χ4v) is 3.03. The van der Waals surface area contributed by atoms with E-state index in [9.17, 15) is 9.59 Å². The van der Waals surface area contributed by atoms with Gasteiger partial charge in [-0.05, 0) is 26.2 Å². The summed E-state index contributed by atoms with van der Waals surface area (Å²) in [6.07, 6.45) is 3.03. The van der Waals surface area contributed by atoms with Crippen LogP contribution in [0.1, 0.15) is 44.9 Å². The molecule has 22 heavy (non-hydrogen) atoms. The smallest absolute Gasteiger partial charge is 0.329 e. The summed E-state index contributed by atoms with van der Waals surface area (Å²) in [6, 6.07) is 0. The lowest BCUT2D eigenvalue weighted by molar-refractivity contribution is 0.564. The summed E-state index contributed by atoms with van der Waals surface area (Å²) in [4.78, 5) is 30.0. The van der Waals surface area contributed by atoms with E-state index in [1.165, 1.54) is 4.57 Å². The third-order valence-electron chi connectivity index (χ3n) is 4.20. The summed E-state index contributed by atoms with van der Waals surface area (Å²) >= 11 is 0. The zero-order chi connectivity index (χ0) is 15.9. The van der Waals surface area contributed by atoms with E-state index in [4.69, 9.17) is 5.73 Å². The molecule has 2 aromatic rings. The van der Waals surface area contributed by atoms with Gasteiger partial charge in [-0.15, -0.1) is 0 Å². The molecule has 120 valence electrons. The van der Waals surface area contributed by atoms with Crippen LogP contribution in [-0.4, -0.2) is 25.2 Å². The van der Waals surface area contributed by atoms with Gasteiger partial charge in [-0.2, -0.15) is 0 Å². The van der Waals surface area contributed by atoms with Gasteiger partial charge in [-0.3, -0.25) is 13.9 Å². The van der Waals surface area contributed by atoms with Crippen LogP contribution in [0.3, 0.4) is 0 Å². The third kappa shape index (κ3) is 2.20. The second-order valence-electron chi connectivity index (χ2n) is 5.84. The zero-order valence-corrected chi connectivity index (χ0v) is 13.2. The molecule has 2 heterocycles. The molecule has 1 saturated carbocycles. The van der Waals surface area contributed by atoms with Gasteiger partial charge in [0.2, 0.25) is 0 Å².